The number of carbonyl (C=O) groups excluding carboxylic acids is 2. The van der Waals surface area contributed by atoms with Crippen molar-refractivity contribution < 1.29 is 23.8 Å². The Labute approximate surface area is 150 Å². The number of hydrogen-bond donors (Lipinski definition) is 1. The molecule has 0 radical (unpaired) electrons. The molecule has 0 saturated heterocycles. The van der Waals surface area contributed by atoms with Gasteiger partial charge in [-0.3, -0.25) is 4.79 Å². The molecule has 0 fully saturated rings. The molecule has 1 amide bonds. The maximum absolute atomic E-state index is 12.4. The van der Waals surface area contributed by atoms with E-state index in [0.29, 0.717) is 22.2 Å². The molecule has 0 aromatic heterocycles. The predicted octanol–water partition coefficient (Wildman–Crippen LogP) is 3.54. The fourth-order valence-electron chi connectivity index (χ4n) is 2.14. The lowest BCUT2D eigenvalue weighted by molar-refractivity contribution is -0.123. The summed E-state index contributed by atoms with van der Waals surface area (Å²) in [6, 6.07) is 11.6. The summed E-state index contributed by atoms with van der Waals surface area (Å²) in [6.07, 6.45) is -1.03. The molecule has 2 aromatic rings. The second kappa shape index (κ2) is 8.39. The van der Waals surface area contributed by atoms with Crippen LogP contribution >= 0.6 is 11.6 Å². The van der Waals surface area contributed by atoms with Gasteiger partial charge in [0.05, 0.1) is 14.2 Å². The van der Waals surface area contributed by atoms with E-state index >= 15 is 0 Å². The van der Waals surface area contributed by atoms with E-state index in [2.05, 4.69) is 5.32 Å². The third-order valence-corrected chi connectivity index (χ3v) is 3.61. The van der Waals surface area contributed by atoms with Crippen molar-refractivity contribution in [3.8, 4) is 11.5 Å². The second-order valence-electron chi connectivity index (χ2n) is 5.08. The average Bonchev–Trinajstić information content (AvgIpc) is 2.60. The Morgan fingerprint density at radius 2 is 1.64 bits per heavy atom. The van der Waals surface area contributed by atoms with Gasteiger partial charge in [-0.15, -0.1) is 0 Å². The summed E-state index contributed by atoms with van der Waals surface area (Å²) in [5, 5.41) is 3.12. The Morgan fingerprint density at radius 3 is 2.20 bits per heavy atom. The Kier molecular flexibility index (Phi) is 6.25. The molecule has 2 rings (SSSR count). The molecule has 1 atom stereocenters. The molecule has 25 heavy (non-hydrogen) atoms. The third kappa shape index (κ3) is 4.64. The van der Waals surface area contributed by atoms with E-state index in [4.69, 9.17) is 25.8 Å². The fraction of sp³-hybridized carbons (Fsp3) is 0.222. The van der Waals surface area contributed by atoms with Crippen LogP contribution in [-0.2, 0) is 9.53 Å². The van der Waals surface area contributed by atoms with Gasteiger partial charge in [-0.25, -0.2) is 4.79 Å². The van der Waals surface area contributed by atoms with Gasteiger partial charge in [0.25, 0.3) is 5.91 Å². The molecule has 7 heteroatoms. The quantitative estimate of drug-likeness (QED) is 0.794. The first-order valence-corrected chi connectivity index (χ1v) is 7.82. The number of esters is 1. The highest BCUT2D eigenvalue weighted by Gasteiger charge is 2.24. The fourth-order valence-corrected chi connectivity index (χ4v) is 2.33. The lowest BCUT2D eigenvalue weighted by Crippen LogP contribution is -2.30. The molecule has 6 nitrogen and oxygen atoms in total. The van der Waals surface area contributed by atoms with Gasteiger partial charge in [-0.05, 0) is 37.3 Å². The molecule has 0 aliphatic rings. The van der Waals surface area contributed by atoms with Gasteiger partial charge in [0.15, 0.2) is 6.10 Å². The summed E-state index contributed by atoms with van der Waals surface area (Å²) in [5.74, 6) is -0.605. The Balaban J connectivity index is 2.11. The zero-order valence-corrected chi connectivity index (χ0v) is 14.8. The Bertz CT molecular complexity index is 756. The van der Waals surface area contributed by atoms with Gasteiger partial charge in [0.2, 0.25) is 0 Å². The minimum Gasteiger partial charge on any atom is -0.496 e. The molecule has 0 saturated carbocycles. The number of amides is 1. The van der Waals surface area contributed by atoms with Gasteiger partial charge in [0, 0.05) is 10.7 Å². The lowest BCUT2D eigenvalue weighted by atomic mass is 10.1. The molecule has 2 aromatic carbocycles. The molecule has 0 aliphatic heterocycles. The molecule has 0 heterocycles. The standard InChI is InChI=1S/C18H18ClNO5/c1-11(17(21)20-13-7-4-6-12(19)10-13)25-18(22)16-14(23-2)8-5-9-15(16)24-3/h4-11H,1-3H3,(H,20,21)/t11-/m0/s1. The number of carbonyl (C=O) groups is 2. The molecule has 132 valence electrons. The SMILES string of the molecule is COc1cccc(OC)c1C(=O)O[C@@H](C)C(=O)Nc1cccc(Cl)c1. The Hall–Kier alpha value is -2.73. The maximum Gasteiger partial charge on any atom is 0.346 e. The highest BCUT2D eigenvalue weighted by molar-refractivity contribution is 6.30. The zero-order chi connectivity index (χ0) is 18.4. The highest BCUT2D eigenvalue weighted by Crippen LogP contribution is 2.29. The van der Waals surface area contributed by atoms with Gasteiger partial charge in [-0.1, -0.05) is 23.7 Å². The summed E-state index contributed by atoms with van der Waals surface area (Å²) in [7, 11) is 2.86. The normalized spacial score (nSPS) is 11.4. The number of ether oxygens (including phenoxy) is 3. The maximum atomic E-state index is 12.4. The monoisotopic (exact) mass is 363 g/mol. The molecular weight excluding hydrogens is 346 g/mol. The largest absolute Gasteiger partial charge is 0.496 e. The van der Waals surface area contributed by atoms with Crippen molar-refractivity contribution in [2.45, 2.75) is 13.0 Å². The number of rotatable bonds is 6. The summed E-state index contributed by atoms with van der Waals surface area (Å²) in [4.78, 5) is 24.6. The van der Waals surface area contributed by atoms with Crippen molar-refractivity contribution in [3.63, 3.8) is 0 Å². The number of halogens is 1. The second-order valence-corrected chi connectivity index (χ2v) is 5.52. The minimum atomic E-state index is -1.03. The van der Waals surface area contributed by atoms with Crippen molar-refractivity contribution in [1.29, 1.82) is 0 Å². The van der Waals surface area contributed by atoms with Gasteiger partial charge < -0.3 is 19.5 Å². The first-order valence-electron chi connectivity index (χ1n) is 7.44. The van der Waals surface area contributed by atoms with Crippen molar-refractivity contribution in [3.05, 3.63) is 53.1 Å². The molecule has 0 spiro atoms. The van der Waals surface area contributed by atoms with Crippen LogP contribution in [0, 0.1) is 0 Å². The smallest absolute Gasteiger partial charge is 0.346 e. The van der Waals surface area contributed by atoms with E-state index in [-0.39, 0.29) is 5.56 Å². The summed E-state index contributed by atoms with van der Waals surface area (Å²) < 4.78 is 15.6. The van der Waals surface area contributed by atoms with Crippen LogP contribution in [0.15, 0.2) is 42.5 Å². The van der Waals surface area contributed by atoms with E-state index in [0.717, 1.165) is 0 Å². The van der Waals surface area contributed by atoms with Gasteiger partial charge in [0.1, 0.15) is 17.1 Å². The highest BCUT2D eigenvalue weighted by atomic mass is 35.5. The number of hydrogen-bond acceptors (Lipinski definition) is 5. The van der Waals surface area contributed by atoms with E-state index in [1.807, 2.05) is 0 Å². The third-order valence-electron chi connectivity index (χ3n) is 3.38. The van der Waals surface area contributed by atoms with Gasteiger partial charge >= 0.3 is 5.97 Å². The zero-order valence-electron chi connectivity index (χ0n) is 14.0. The van der Waals surface area contributed by atoms with Crippen molar-refractivity contribution in [1.82, 2.24) is 0 Å². The van der Waals surface area contributed by atoms with Crippen LogP contribution in [0.3, 0.4) is 0 Å². The topological polar surface area (TPSA) is 73.9 Å². The lowest BCUT2D eigenvalue weighted by Gasteiger charge is -2.16. The predicted molar refractivity (Wildman–Crippen MR) is 94.5 cm³/mol. The molecular formula is C18H18ClNO5. The van der Waals surface area contributed by atoms with Crippen molar-refractivity contribution in [2.24, 2.45) is 0 Å². The number of methoxy groups -OCH3 is 2. The van der Waals surface area contributed by atoms with E-state index in [9.17, 15) is 9.59 Å². The minimum absolute atomic E-state index is 0.120. The average molecular weight is 364 g/mol. The van der Waals surface area contributed by atoms with Crippen molar-refractivity contribution >= 4 is 29.2 Å². The van der Waals surface area contributed by atoms with Crippen LogP contribution in [0.1, 0.15) is 17.3 Å². The molecule has 0 unspecified atom stereocenters. The number of anilines is 1. The van der Waals surface area contributed by atoms with Crippen LogP contribution in [-0.4, -0.2) is 32.2 Å². The summed E-state index contributed by atoms with van der Waals surface area (Å²) in [6.45, 7) is 1.47. The van der Waals surface area contributed by atoms with Gasteiger partial charge in [-0.2, -0.15) is 0 Å². The van der Waals surface area contributed by atoms with Crippen LogP contribution in [0.4, 0.5) is 5.69 Å². The molecule has 0 aliphatic carbocycles. The van der Waals surface area contributed by atoms with Crippen LogP contribution < -0.4 is 14.8 Å². The molecule has 1 N–H and O–H groups in total. The van der Waals surface area contributed by atoms with Crippen molar-refractivity contribution in [2.75, 3.05) is 19.5 Å². The van der Waals surface area contributed by atoms with Crippen LogP contribution in [0.25, 0.3) is 0 Å². The first-order chi connectivity index (χ1) is 12.0. The molecule has 0 bridgehead atoms. The first kappa shape index (κ1) is 18.6. The summed E-state index contributed by atoms with van der Waals surface area (Å²) in [5.41, 5.74) is 0.630. The Morgan fingerprint density at radius 1 is 1.04 bits per heavy atom. The summed E-state index contributed by atoms with van der Waals surface area (Å²) >= 11 is 5.87. The number of nitrogens with one attached hydrogen (secondary N) is 1. The van der Waals surface area contributed by atoms with E-state index in [1.54, 1.807) is 42.5 Å². The van der Waals surface area contributed by atoms with Crippen LogP contribution in [0.5, 0.6) is 11.5 Å². The number of benzene rings is 2. The van der Waals surface area contributed by atoms with E-state index in [1.165, 1.54) is 21.1 Å². The van der Waals surface area contributed by atoms with Crippen LogP contribution in [0.2, 0.25) is 5.02 Å². The van der Waals surface area contributed by atoms with E-state index < -0.39 is 18.0 Å².